The van der Waals surface area contributed by atoms with Crippen LogP contribution in [0.2, 0.25) is 0 Å². The van der Waals surface area contributed by atoms with Crippen LogP contribution in [0.5, 0.6) is 5.75 Å². The van der Waals surface area contributed by atoms with Crippen molar-refractivity contribution < 1.29 is 9.90 Å². The monoisotopic (exact) mass is 326 g/mol. The van der Waals surface area contributed by atoms with Crippen LogP contribution < -0.4 is 5.43 Å². The predicted octanol–water partition coefficient (Wildman–Crippen LogP) is 3.84. The Kier molecular flexibility index (Phi) is 3.86. The van der Waals surface area contributed by atoms with Gasteiger partial charge in [0.2, 0.25) is 5.91 Å². The fraction of sp³-hybridized carbons (Fsp3) is 0.600. The minimum Gasteiger partial charge on any atom is -0.508 e. The Bertz CT molecular complexity index is 627. The number of hydrogen-bond donors (Lipinski definition) is 2. The number of phenolic OH excluding ortho intramolecular Hbond substituents is 1. The smallest absolute Gasteiger partial charge is 0.240 e. The Labute approximate surface area is 143 Å². The number of rotatable bonds is 4. The second kappa shape index (κ2) is 5.91. The van der Waals surface area contributed by atoms with Gasteiger partial charge in [-0.2, -0.15) is 5.10 Å². The van der Waals surface area contributed by atoms with E-state index in [4.69, 9.17) is 0 Å². The van der Waals surface area contributed by atoms with E-state index in [9.17, 15) is 9.90 Å². The van der Waals surface area contributed by atoms with Crippen LogP contribution in [0.3, 0.4) is 0 Å². The second-order valence-corrected chi connectivity index (χ2v) is 8.37. The van der Waals surface area contributed by atoms with Crippen molar-refractivity contribution in [3.63, 3.8) is 0 Å². The molecular formula is C20H26N2O2. The SMILES string of the molecule is C/C(=N\NC(=O)CC12CC3CC(CC(C3)C1)C2)c1ccc(O)cc1. The van der Waals surface area contributed by atoms with Crippen molar-refractivity contribution >= 4 is 11.6 Å². The van der Waals surface area contributed by atoms with Crippen molar-refractivity contribution in [2.24, 2.45) is 28.3 Å². The summed E-state index contributed by atoms with van der Waals surface area (Å²) in [6.07, 6.45) is 8.56. The summed E-state index contributed by atoms with van der Waals surface area (Å²) >= 11 is 0. The lowest BCUT2D eigenvalue weighted by molar-refractivity contribution is -0.129. The molecule has 2 N–H and O–H groups in total. The van der Waals surface area contributed by atoms with Gasteiger partial charge in [0.1, 0.15) is 5.75 Å². The van der Waals surface area contributed by atoms with Crippen molar-refractivity contribution in [2.75, 3.05) is 0 Å². The molecule has 0 unspecified atom stereocenters. The van der Waals surface area contributed by atoms with E-state index in [2.05, 4.69) is 10.5 Å². The minimum atomic E-state index is 0.0510. The van der Waals surface area contributed by atoms with Gasteiger partial charge < -0.3 is 5.11 Å². The molecule has 4 aliphatic rings. The highest BCUT2D eigenvalue weighted by Crippen LogP contribution is 2.61. The molecule has 5 rings (SSSR count). The van der Waals surface area contributed by atoms with E-state index in [-0.39, 0.29) is 17.1 Å². The Morgan fingerprint density at radius 3 is 2.21 bits per heavy atom. The van der Waals surface area contributed by atoms with Gasteiger partial charge in [0, 0.05) is 6.42 Å². The first-order valence-corrected chi connectivity index (χ1v) is 9.14. The molecule has 0 heterocycles. The summed E-state index contributed by atoms with van der Waals surface area (Å²) in [4.78, 5) is 12.5. The van der Waals surface area contributed by atoms with Gasteiger partial charge >= 0.3 is 0 Å². The van der Waals surface area contributed by atoms with Crippen LogP contribution in [0.15, 0.2) is 29.4 Å². The molecule has 0 spiro atoms. The van der Waals surface area contributed by atoms with Crippen LogP contribution in [0.25, 0.3) is 0 Å². The molecule has 1 aromatic carbocycles. The van der Waals surface area contributed by atoms with Crippen molar-refractivity contribution in [3.8, 4) is 5.75 Å². The molecule has 0 aromatic heterocycles. The van der Waals surface area contributed by atoms with Gasteiger partial charge in [-0.3, -0.25) is 4.79 Å². The van der Waals surface area contributed by atoms with Crippen LogP contribution in [-0.4, -0.2) is 16.7 Å². The lowest BCUT2D eigenvalue weighted by Gasteiger charge is -2.56. The molecule has 1 aromatic rings. The number of benzene rings is 1. The molecule has 4 bridgehead atoms. The van der Waals surface area contributed by atoms with Gasteiger partial charge in [-0.15, -0.1) is 0 Å². The summed E-state index contributed by atoms with van der Waals surface area (Å²) < 4.78 is 0. The number of nitrogens with one attached hydrogen (secondary N) is 1. The third-order valence-electron chi connectivity index (χ3n) is 6.33. The zero-order valence-corrected chi connectivity index (χ0v) is 14.3. The Hall–Kier alpha value is -1.84. The third-order valence-corrected chi connectivity index (χ3v) is 6.33. The van der Waals surface area contributed by atoms with Crippen molar-refractivity contribution in [1.82, 2.24) is 5.43 Å². The van der Waals surface area contributed by atoms with E-state index >= 15 is 0 Å². The van der Waals surface area contributed by atoms with Crippen molar-refractivity contribution in [3.05, 3.63) is 29.8 Å². The summed E-state index contributed by atoms with van der Waals surface area (Å²) in [6, 6.07) is 6.87. The number of carbonyl (C=O) groups excluding carboxylic acids is 1. The number of phenols is 1. The number of aromatic hydroxyl groups is 1. The highest BCUT2D eigenvalue weighted by atomic mass is 16.3. The molecule has 0 atom stereocenters. The molecule has 4 fully saturated rings. The Morgan fingerprint density at radius 1 is 1.12 bits per heavy atom. The average molecular weight is 326 g/mol. The van der Waals surface area contributed by atoms with Gasteiger partial charge in [-0.25, -0.2) is 5.43 Å². The van der Waals surface area contributed by atoms with E-state index in [1.165, 1.54) is 38.5 Å². The highest BCUT2D eigenvalue weighted by molar-refractivity contribution is 5.99. The zero-order chi connectivity index (χ0) is 16.7. The van der Waals surface area contributed by atoms with Crippen LogP contribution in [0.4, 0.5) is 0 Å². The van der Waals surface area contributed by atoms with E-state index in [0.717, 1.165) is 29.0 Å². The molecule has 0 saturated heterocycles. The van der Waals surface area contributed by atoms with Gasteiger partial charge in [0.05, 0.1) is 5.71 Å². The average Bonchev–Trinajstić information content (AvgIpc) is 2.51. The van der Waals surface area contributed by atoms with Gasteiger partial charge in [-0.1, -0.05) is 0 Å². The van der Waals surface area contributed by atoms with Gasteiger partial charge in [0.25, 0.3) is 0 Å². The molecule has 4 saturated carbocycles. The molecule has 128 valence electrons. The maximum atomic E-state index is 12.5. The lowest BCUT2D eigenvalue weighted by Crippen LogP contribution is -2.47. The summed E-state index contributed by atoms with van der Waals surface area (Å²) in [7, 11) is 0. The van der Waals surface area contributed by atoms with Crippen molar-refractivity contribution in [1.29, 1.82) is 0 Å². The quantitative estimate of drug-likeness (QED) is 0.652. The minimum absolute atomic E-state index is 0.0510. The van der Waals surface area contributed by atoms with E-state index in [1.54, 1.807) is 24.3 Å². The molecule has 24 heavy (non-hydrogen) atoms. The molecule has 4 nitrogen and oxygen atoms in total. The van der Waals surface area contributed by atoms with Crippen molar-refractivity contribution in [2.45, 2.75) is 51.9 Å². The summed E-state index contributed by atoms with van der Waals surface area (Å²) in [5.41, 5.74) is 4.67. The first-order chi connectivity index (χ1) is 11.5. The molecular weight excluding hydrogens is 300 g/mol. The standard InChI is InChI=1S/C20H26N2O2/c1-13(17-2-4-18(23)5-3-17)21-22-19(24)12-20-9-14-6-15(10-20)8-16(7-14)11-20/h2-5,14-16,23H,6-12H2,1H3,(H,22,24)/b21-13+. The number of hydrazone groups is 1. The largest absolute Gasteiger partial charge is 0.508 e. The normalized spacial score (nSPS) is 34.4. The number of carbonyl (C=O) groups is 1. The highest BCUT2D eigenvalue weighted by Gasteiger charge is 2.51. The maximum absolute atomic E-state index is 12.5. The molecule has 0 radical (unpaired) electrons. The topological polar surface area (TPSA) is 61.7 Å². The second-order valence-electron chi connectivity index (χ2n) is 8.37. The summed E-state index contributed by atoms with van der Waals surface area (Å²) in [5, 5.41) is 13.6. The Balaban J connectivity index is 1.38. The van der Waals surface area contributed by atoms with Gasteiger partial charge in [-0.05, 0) is 98.4 Å². The third kappa shape index (κ3) is 3.06. The zero-order valence-electron chi connectivity index (χ0n) is 14.3. The number of hydrogen-bond acceptors (Lipinski definition) is 3. The van der Waals surface area contributed by atoms with E-state index in [0.29, 0.717) is 6.42 Å². The van der Waals surface area contributed by atoms with Crippen LogP contribution in [-0.2, 0) is 4.79 Å². The number of amides is 1. The van der Waals surface area contributed by atoms with Crippen LogP contribution in [0, 0.1) is 23.2 Å². The first-order valence-electron chi connectivity index (χ1n) is 9.14. The molecule has 4 heteroatoms. The fourth-order valence-corrected chi connectivity index (χ4v) is 5.80. The lowest BCUT2D eigenvalue weighted by atomic mass is 9.49. The van der Waals surface area contributed by atoms with Gasteiger partial charge in [0.15, 0.2) is 0 Å². The van der Waals surface area contributed by atoms with Crippen LogP contribution >= 0.6 is 0 Å². The Morgan fingerprint density at radius 2 is 1.67 bits per heavy atom. The summed E-state index contributed by atoms with van der Waals surface area (Å²) in [5.74, 6) is 2.89. The maximum Gasteiger partial charge on any atom is 0.240 e. The molecule has 4 aliphatic carbocycles. The predicted molar refractivity (Wildman–Crippen MR) is 93.7 cm³/mol. The number of nitrogens with zero attached hydrogens (tertiary/aromatic N) is 1. The summed E-state index contributed by atoms with van der Waals surface area (Å²) in [6.45, 7) is 1.87. The first kappa shape index (κ1) is 15.7. The fourth-order valence-electron chi connectivity index (χ4n) is 5.80. The van der Waals surface area contributed by atoms with E-state index < -0.39 is 0 Å². The van der Waals surface area contributed by atoms with Crippen LogP contribution in [0.1, 0.15) is 57.4 Å². The molecule has 0 aliphatic heterocycles. The van der Waals surface area contributed by atoms with E-state index in [1.807, 2.05) is 6.92 Å². The molecule has 1 amide bonds.